The molecule has 10 heteroatoms. The van der Waals surface area contributed by atoms with Crippen molar-refractivity contribution in [3.63, 3.8) is 0 Å². The largest absolute Gasteiger partial charge is 0.481 e. The quantitative estimate of drug-likeness (QED) is 0.467. The third-order valence-electron chi connectivity index (χ3n) is 5.39. The normalized spacial score (nSPS) is 13.8. The number of hydrogen-bond acceptors (Lipinski definition) is 6. The fourth-order valence-electron chi connectivity index (χ4n) is 3.72. The van der Waals surface area contributed by atoms with Gasteiger partial charge in [-0.1, -0.05) is 30.3 Å². The molecule has 2 aromatic heterocycles. The van der Waals surface area contributed by atoms with Crippen molar-refractivity contribution in [2.24, 2.45) is 0 Å². The molecule has 4 rings (SSSR count). The molecule has 9 nitrogen and oxygen atoms in total. The summed E-state index contributed by atoms with van der Waals surface area (Å²) in [5, 5.41) is 0. The minimum Gasteiger partial charge on any atom is -0.481 e. The molecule has 1 aliphatic heterocycles. The van der Waals surface area contributed by atoms with Gasteiger partial charge in [0.05, 0.1) is 12.8 Å². The summed E-state index contributed by atoms with van der Waals surface area (Å²) in [6.07, 6.45) is 1.53. The highest BCUT2D eigenvalue weighted by atomic mass is 79.9. The number of benzene rings is 1. The van der Waals surface area contributed by atoms with Gasteiger partial charge in [-0.05, 0) is 41.4 Å². The summed E-state index contributed by atoms with van der Waals surface area (Å²) in [5.41, 5.74) is 0.578. The fourth-order valence-corrected chi connectivity index (χ4v) is 4.15. The zero-order valence-electron chi connectivity index (χ0n) is 18.4. The number of urea groups is 1. The first-order valence-electron chi connectivity index (χ1n) is 10.4. The van der Waals surface area contributed by atoms with E-state index in [1.807, 2.05) is 44.2 Å². The van der Waals surface area contributed by atoms with Crippen LogP contribution in [0.1, 0.15) is 29.9 Å². The van der Waals surface area contributed by atoms with Gasteiger partial charge in [0.2, 0.25) is 5.75 Å². The predicted octanol–water partition coefficient (Wildman–Crippen LogP) is 3.47. The maximum atomic E-state index is 13.4. The Hall–Kier alpha value is -3.40. The lowest BCUT2D eigenvalue weighted by molar-refractivity contribution is 0.0588. The van der Waals surface area contributed by atoms with Crippen molar-refractivity contribution in [1.82, 2.24) is 14.3 Å². The second-order valence-corrected chi connectivity index (χ2v) is 8.73. The number of ether oxygens (including phenoxy) is 2. The van der Waals surface area contributed by atoms with Crippen molar-refractivity contribution in [2.75, 3.05) is 25.1 Å². The number of anilines is 1. The summed E-state index contributed by atoms with van der Waals surface area (Å²) >= 11 is 3.42. The fraction of sp³-hybridized carbons (Fsp3) is 0.304. The molecule has 0 spiro atoms. The second kappa shape index (κ2) is 9.22. The van der Waals surface area contributed by atoms with Crippen molar-refractivity contribution in [2.45, 2.75) is 26.5 Å². The zero-order chi connectivity index (χ0) is 23.7. The van der Waals surface area contributed by atoms with Crippen LogP contribution in [0.25, 0.3) is 5.65 Å². The van der Waals surface area contributed by atoms with Gasteiger partial charge in [0.1, 0.15) is 6.61 Å². The number of carbonyl (C=O) groups is 2. The number of esters is 1. The SMILES string of the molecule is COC(=O)c1nc2c(N3CCN(C(C)C)C3=O)cc(Br)cn2c(=O)c1OCc1ccccc1. The van der Waals surface area contributed by atoms with Gasteiger partial charge in [-0.3, -0.25) is 14.1 Å². The Bertz CT molecular complexity index is 1280. The number of rotatable bonds is 6. The van der Waals surface area contributed by atoms with Crippen LogP contribution in [0.3, 0.4) is 0 Å². The van der Waals surface area contributed by atoms with E-state index in [1.165, 1.54) is 17.7 Å². The van der Waals surface area contributed by atoms with Crippen LogP contribution in [-0.2, 0) is 11.3 Å². The molecule has 2 amide bonds. The van der Waals surface area contributed by atoms with Crippen molar-refractivity contribution in [1.29, 1.82) is 0 Å². The molecule has 0 N–H and O–H groups in total. The number of hydrogen-bond donors (Lipinski definition) is 0. The molecule has 172 valence electrons. The first kappa shape index (κ1) is 22.8. The number of methoxy groups -OCH3 is 1. The molecular weight excluding hydrogens is 492 g/mol. The Labute approximate surface area is 198 Å². The lowest BCUT2D eigenvalue weighted by atomic mass is 10.2. The summed E-state index contributed by atoms with van der Waals surface area (Å²) in [4.78, 5) is 46.7. The van der Waals surface area contributed by atoms with Crippen LogP contribution in [0.15, 0.2) is 51.9 Å². The summed E-state index contributed by atoms with van der Waals surface area (Å²) in [6.45, 7) is 4.92. The number of pyridine rings is 1. The Morgan fingerprint density at radius 1 is 1.18 bits per heavy atom. The lowest BCUT2D eigenvalue weighted by Gasteiger charge is -2.23. The first-order chi connectivity index (χ1) is 15.8. The second-order valence-electron chi connectivity index (χ2n) is 7.82. The standard InChI is InChI=1S/C23H23BrN4O5/c1-14(2)26-9-10-27(23(26)31)17-11-16(24)12-28-20(17)25-18(22(30)32-3)19(21(28)29)33-13-15-7-5-4-6-8-15/h4-8,11-12,14H,9-10,13H2,1-3H3. The van der Waals surface area contributed by atoms with Gasteiger partial charge >= 0.3 is 17.6 Å². The van der Waals surface area contributed by atoms with Gasteiger partial charge in [-0.25, -0.2) is 14.6 Å². The monoisotopic (exact) mass is 514 g/mol. The number of amides is 2. The smallest absolute Gasteiger partial charge is 0.360 e. The van der Waals surface area contributed by atoms with Crippen LogP contribution in [0, 0.1) is 0 Å². The molecule has 1 saturated heterocycles. The van der Waals surface area contributed by atoms with Gasteiger partial charge < -0.3 is 14.4 Å². The molecule has 3 heterocycles. The highest BCUT2D eigenvalue weighted by Crippen LogP contribution is 2.29. The van der Waals surface area contributed by atoms with Crippen molar-refractivity contribution < 1.29 is 19.1 Å². The van der Waals surface area contributed by atoms with E-state index in [0.717, 1.165) is 5.56 Å². The predicted molar refractivity (Wildman–Crippen MR) is 126 cm³/mol. The highest BCUT2D eigenvalue weighted by molar-refractivity contribution is 9.10. The van der Waals surface area contributed by atoms with Gasteiger partial charge in [-0.2, -0.15) is 0 Å². The van der Waals surface area contributed by atoms with E-state index in [9.17, 15) is 14.4 Å². The number of aromatic nitrogens is 2. The van der Waals surface area contributed by atoms with Crippen LogP contribution in [-0.4, -0.2) is 52.5 Å². The van der Waals surface area contributed by atoms with Gasteiger partial charge in [0.25, 0.3) is 0 Å². The summed E-state index contributed by atoms with van der Waals surface area (Å²) in [5.74, 6) is -1.02. The summed E-state index contributed by atoms with van der Waals surface area (Å²) in [7, 11) is 1.21. The molecule has 0 unspecified atom stereocenters. The first-order valence-corrected chi connectivity index (χ1v) is 11.2. The van der Waals surface area contributed by atoms with Gasteiger partial charge in [0, 0.05) is 29.8 Å². The van der Waals surface area contributed by atoms with E-state index in [-0.39, 0.29) is 35.8 Å². The molecule has 0 saturated carbocycles. The van der Waals surface area contributed by atoms with Crippen LogP contribution in [0.5, 0.6) is 5.75 Å². The molecule has 0 radical (unpaired) electrons. The van der Waals surface area contributed by atoms with Crippen molar-refractivity contribution >= 4 is 39.3 Å². The van der Waals surface area contributed by atoms with Gasteiger partial charge in [-0.15, -0.1) is 0 Å². The van der Waals surface area contributed by atoms with E-state index < -0.39 is 11.5 Å². The molecule has 0 atom stereocenters. The van der Waals surface area contributed by atoms with Crippen LogP contribution in [0.4, 0.5) is 10.5 Å². The van der Waals surface area contributed by atoms with E-state index in [4.69, 9.17) is 9.47 Å². The van der Waals surface area contributed by atoms with Crippen molar-refractivity contribution in [3.05, 3.63) is 68.7 Å². The topological polar surface area (TPSA) is 93.5 Å². The Balaban J connectivity index is 1.86. The molecule has 1 aromatic carbocycles. The zero-order valence-corrected chi connectivity index (χ0v) is 20.0. The molecular formula is C23H23BrN4O5. The van der Waals surface area contributed by atoms with Crippen LogP contribution >= 0.6 is 15.9 Å². The minimum absolute atomic E-state index is 0.0280. The Morgan fingerprint density at radius 3 is 2.55 bits per heavy atom. The molecule has 0 aliphatic carbocycles. The van der Waals surface area contributed by atoms with E-state index >= 15 is 0 Å². The average molecular weight is 515 g/mol. The third kappa shape index (κ3) is 4.30. The van der Waals surface area contributed by atoms with E-state index in [2.05, 4.69) is 20.9 Å². The van der Waals surface area contributed by atoms with E-state index in [0.29, 0.717) is 23.2 Å². The highest BCUT2D eigenvalue weighted by Gasteiger charge is 2.33. The van der Waals surface area contributed by atoms with Crippen LogP contribution in [0.2, 0.25) is 0 Å². The third-order valence-corrected chi connectivity index (χ3v) is 5.82. The number of halogens is 1. The van der Waals surface area contributed by atoms with Crippen molar-refractivity contribution in [3.8, 4) is 5.75 Å². The maximum absolute atomic E-state index is 13.4. The number of nitrogens with zero attached hydrogens (tertiary/aromatic N) is 4. The maximum Gasteiger partial charge on any atom is 0.360 e. The number of fused-ring (bicyclic) bond motifs is 1. The summed E-state index contributed by atoms with van der Waals surface area (Å²) < 4.78 is 12.5. The lowest BCUT2D eigenvalue weighted by Crippen LogP contribution is -2.36. The average Bonchev–Trinajstić information content (AvgIpc) is 3.19. The Morgan fingerprint density at radius 2 is 1.91 bits per heavy atom. The van der Waals surface area contributed by atoms with Crippen LogP contribution < -0.4 is 15.2 Å². The van der Waals surface area contributed by atoms with Gasteiger partial charge in [0.15, 0.2) is 11.3 Å². The molecule has 3 aromatic rings. The molecule has 1 aliphatic rings. The molecule has 1 fully saturated rings. The Kier molecular flexibility index (Phi) is 6.37. The number of carbonyl (C=O) groups excluding carboxylic acids is 2. The molecule has 0 bridgehead atoms. The summed E-state index contributed by atoms with van der Waals surface area (Å²) in [6, 6.07) is 10.8. The van der Waals surface area contributed by atoms with E-state index in [1.54, 1.807) is 15.9 Å². The minimum atomic E-state index is -0.803. The molecule has 33 heavy (non-hydrogen) atoms.